The Morgan fingerprint density at radius 3 is 2.82 bits per heavy atom. The van der Waals surface area contributed by atoms with E-state index in [0.29, 0.717) is 5.69 Å². The van der Waals surface area contributed by atoms with Crippen molar-refractivity contribution in [2.75, 3.05) is 25.0 Å². The van der Waals surface area contributed by atoms with Crippen molar-refractivity contribution in [1.82, 2.24) is 5.32 Å². The molecule has 2 aliphatic heterocycles. The number of halogens is 2. The zero-order valence-electron chi connectivity index (χ0n) is 15.7. The molecular formula is C22H26BrFN2O2. The molecule has 0 unspecified atom stereocenters. The number of nitrogens with one attached hydrogen (secondary N) is 2. The van der Waals surface area contributed by atoms with Crippen molar-refractivity contribution in [2.45, 2.75) is 37.5 Å². The first-order valence-corrected chi connectivity index (χ1v) is 10.7. The normalized spacial score (nSPS) is 26.2. The van der Waals surface area contributed by atoms with Gasteiger partial charge in [-0.1, -0.05) is 46.3 Å². The molecule has 4 nitrogen and oxygen atoms in total. The van der Waals surface area contributed by atoms with Crippen LogP contribution in [0.2, 0.25) is 0 Å². The number of hydrogen-bond donors (Lipinski definition) is 3. The summed E-state index contributed by atoms with van der Waals surface area (Å²) >= 11 is 3.43. The maximum Gasteiger partial charge on any atom is 0.147 e. The van der Waals surface area contributed by atoms with E-state index < -0.39 is 0 Å². The Morgan fingerprint density at radius 1 is 1.21 bits per heavy atom. The Hall–Kier alpha value is -1.47. The maximum atomic E-state index is 14.8. The number of fused-ring (bicyclic) bond motifs is 3. The second-order valence-electron chi connectivity index (χ2n) is 7.59. The SMILES string of the molecule is OCCCNC[C@H]1CC[C@@H]2[C@H](O1)c1cc(Br)cc(F)c1N[C@H]2c1ccccc1. The highest BCUT2D eigenvalue weighted by Gasteiger charge is 2.43. The van der Waals surface area contributed by atoms with Crippen molar-refractivity contribution in [3.8, 4) is 0 Å². The second kappa shape index (κ2) is 8.91. The van der Waals surface area contributed by atoms with Gasteiger partial charge < -0.3 is 20.5 Å². The molecule has 0 bridgehead atoms. The Bertz CT molecular complexity index is 805. The molecule has 2 aliphatic rings. The zero-order chi connectivity index (χ0) is 19.5. The zero-order valence-corrected chi connectivity index (χ0v) is 17.3. The second-order valence-corrected chi connectivity index (χ2v) is 8.50. The van der Waals surface area contributed by atoms with Gasteiger partial charge in [-0.3, -0.25) is 0 Å². The van der Waals surface area contributed by atoms with Crippen LogP contribution in [0.1, 0.15) is 42.5 Å². The molecule has 3 N–H and O–H groups in total. The first kappa shape index (κ1) is 19.8. The van der Waals surface area contributed by atoms with Crippen LogP contribution in [-0.4, -0.2) is 30.9 Å². The molecule has 0 amide bonds. The standard InChI is InChI=1S/C22H26BrFN2O2/c23-15-11-18-21(19(24)12-15)26-20(14-5-2-1-3-6-14)17-8-7-16(28-22(17)18)13-25-9-4-10-27/h1-3,5-6,11-12,16-17,20,22,25-27H,4,7-10,13H2/t16-,17+,20+,22+/m1/s1. The summed E-state index contributed by atoms with van der Waals surface area (Å²) in [5, 5.41) is 15.8. The minimum Gasteiger partial charge on any atom is -0.396 e. The van der Waals surface area contributed by atoms with Crippen molar-refractivity contribution in [2.24, 2.45) is 5.92 Å². The topological polar surface area (TPSA) is 53.5 Å². The summed E-state index contributed by atoms with van der Waals surface area (Å²) in [6.45, 7) is 1.71. The van der Waals surface area contributed by atoms with Gasteiger partial charge in [-0.2, -0.15) is 0 Å². The van der Waals surface area contributed by atoms with Gasteiger partial charge in [-0.15, -0.1) is 0 Å². The smallest absolute Gasteiger partial charge is 0.147 e. The molecule has 2 heterocycles. The highest BCUT2D eigenvalue weighted by molar-refractivity contribution is 9.10. The van der Waals surface area contributed by atoms with Crippen LogP contribution in [0.3, 0.4) is 0 Å². The Kier molecular flexibility index (Phi) is 6.31. The van der Waals surface area contributed by atoms with Crippen LogP contribution in [0.5, 0.6) is 0 Å². The molecule has 1 fully saturated rings. The highest BCUT2D eigenvalue weighted by atomic mass is 79.9. The third-order valence-corrected chi connectivity index (χ3v) is 6.17. The van der Waals surface area contributed by atoms with Crippen LogP contribution in [0.15, 0.2) is 46.9 Å². The van der Waals surface area contributed by atoms with Gasteiger partial charge in [0, 0.05) is 29.1 Å². The van der Waals surface area contributed by atoms with Crippen molar-refractivity contribution in [1.29, 1.82) is 0 Å². The molecule has 0 radical (unpaired) electrons. The van der Waals surface area contributed by atoms with Gasteiger partial charge in [0.25, 0.3) is 0 Å². The summed E-state index contributed by atoms with van der Waals surface area (Å²) in [6.07, 6.45) is 2.65. The molecule has 0 spiro atoms. The summed E-state index contributed by atoms with van der Waals surface area (Å²) < 4.78 is 22.0. The highest BCUT2D eigenvalue weighted by Crippen LogP contribution is 2.51. The molecule has 150 valence electrons. The lowest BCUT2D eigenvalue weighted by Gasteiger charge is -2.46. The van der Waals surface area contributed by atoms with Crippen molar-refractivity contribution < 1.29 is 14.2 Å². The Morgan fingerprint density at radius 2 is 2.04 bits per heavy atom. The fourth-order valence-electron chi connectivity index (χ4n) is 4.39. The minimum absolute atomic E-state index is 0.0256. The van der Waals surface area contributed by atoms with Crippen molar-refractivity contribution in [3.63, 3.8) is 0 Å². The summed E-state index contributed by atoms with van der Waals surface area (Å²) in [5.41, 5.74) is 2.60. The average molecular weight is 449 g/mol. The summed E-state index contributed by atoms with van der Waals surface area (Å²) in [4.78, 5) is 0. The van der Waals surface area contributed by atoms with Crippen LogP contribution in [0, 0.1) is 11.7 Å². The molecule has 0 aliphatic carbocycles. The van der Waals surface area contributed by atoms with E-state index in [1.165, 1.54) is 6.07 Å². The van der Waals surface area contributed by atoms with E-state index in [1.54, 1.807) is 0 Å². The molecule has 2 aromatic carbocycles. The van der Waals surface area contributed by atoms with E-state index in [0.717, 1.165) is 48.0 Å². The van der Waals surface area contributed by atoms with E-state index in [4.69, 9.17) is 9.84 Å². The fraction of sp³-hybridized carbons (Fsp3) is 0.455. The Labute approximate surface area is 173 Å². The molecule has 1 saturated heterocycles. The first-order valence-electron chi connectivity index (χ1n) is 9.95. The summed E-state index contributed by atoms with van der Waals surface area (Å²) in [6, 6.07) is 13.8. The fourth-order valence-corrected chi connectivity index (χ4v) is 4.84. The largest absolute Gasteiger partial charge is 0.396 e. The van der Waals surface area contributed by atoms with Crippen LogP contribution in [-0.2, 0) is 4.74 Å². The quantitative estimate of drug-likeness (QED) is 0.566. The van der Waals surface area contributed by atoms with Gasteiger partial charge in [-0.05, 0) is 43.5 Å². The predicted molar refractivity (Wildman–Crippen MR) is 112 cm³/mol. The lowest BCUT2D eigenvalue weighted by atomic mass is 9.76. The summed E-state index contributed by atoms with van der Waals surface area (Å²) in [7, 11) is 0. The predicted octanol–water partition coefficient (Wildman–Crippen LogP) is 4.56. The van der Waals surface area contributed by atoms with Crippen molar-refractivity contribution >= 4 is 21.6 Å². The minimum atomic E-state index is -0.254. The van der Waals surface area contributed by atoms with Crippen LogP contribution < -0.4 is 10.6 Å². The number of rotatable bonds is 6. The lowest BCUT2D eigenvalue weighted by molar-refractivity contribution is -0.0917. The lowest BCUT2D eigenvalue weighted by Crippen LogP contribution is -2.42. The van der Waals surface area contributed by atoms with E-state index in [-0.39, 0.29) is 36.6 Å². The number of aliphatic hydroxyl groups excluding tert-OH is 1. The molecule has 28 heavy (non-hydrogen) atoms. The number of ether oxygens (including phenoxy) is 1. The molecule has 0 saturated carbocycles. The monoisotopic (exact) mass is 448 g/mol. The third kappa shape index (κ3) is 4.10. The van der Waals surface area contributed by atoms with Gasteiger partial charge in [0.15, 0.2) is 0 Å². The van der Waals surface area contributed by atoms with Crippen LogP contribution in [0.4, 0.5) is 10.1 Å². The molecule has 0 aromatic heterocycles. The number of anilines is 1. The Balaban J connectivity index is 1.61. The molecule has 6 heteroatoms. The average Bonchev–Trinajstić information content (AvgIpc) is 2.71. The number of benzene rings is 2. The van der Waals surface area contributed by atoms with Gasteiger partial charge in [0.2, 0.25) is 0 Å². The third-order valence-electron chi connectivity index (χ3n) is 5.71. The first-order chi connectivity index (χ1) is 13.7. The van der Waals surface area contributed by atoms with E-state index >= 15 is 0 Å². The molecular weight excluding hydrogens is 423 g/mol. The number of aliphatic hydroxyl groups is 1. The van der Waals surface area contributed by atoms with Gasteiger partial charge in [0.05, 0.1) is 23.9 Å². The van der Waals surface area contributed by atoms with E-state index in [2.05, 4.69) is 38.7 Å². The van der Waals surface area contributed by atoms with Gasteiger partial charge >= 0.3 is 0 Å². The molecule has 4 atom stereocenters. The molecule has 4 rings (SSSR count). The van der Waals surface area contributed by atoms with E-state index in [9.17, 15) is 4.39 Å². The molecule has 2 aromatic rings. The van der Waals surface area contributed by atoms with Crippen LogP contribution >= 0.6 is 15.9 Å². The van der Waals surface area contributed by atoms with Gasteiger partial charge in [-0.25, -0.2) is 4.39 Å². The van der Waals surface area contributed by atoms with Crippen LogP contribution in [0.25, 0.3) is 0 Å². The van der Waals surface area contributed by atoms with Gasteiger partial charge in [0.1, 0.15) is 5.82 Å². The van der Waals surface area contributed by atoms with Crippen molar-refractivity contribution in [3.05, 3.63) is 63.9 Å². The maximum absolute atomic E-state index is 14.8. The van der Waals surface area contributed by atoms with E-state index in [1.807, 2.05) is 24.3 Å². The number of hydrogen-bond acceptors (Lipinski definition) is 4. The summed E-state index contributed by atoms with van der Waals surface area (Å²) in [5.74, 6) is -0.00663.